The topological polar surface area (TPSA) is 45.1 Å². The van der Waals surface area contributed by atoms with Gasteiger partial charge in [-0.2, -0.15) is 0 Å². The maximum atomic E-state index is 10.3. The Bertz CT molecular complexity index is 320. The lowest BCUT2D eigenvalue weighted by atomic mass is 9.70. The second-order valence-corrected chi connectivity index (χ2v) is 4.87. The summed E-state index contributed by atoms with van der Waals surface area (Å²) >= 11 is 0. The molecule has 82 valence electrons. The molecule has 1 aromatic rings. The fraction of sp³-hybridized carbons (Fsp3) is 0.583. The highest BCUT2D eigenvalue weighted by Gasteiger charge is 2.40. The molecule has 0 aliphatic carbocycles. The maximum Gasteiger partial charge on any atom is 0.0859 e. The van der Waals surface area contributed by atoms with Crippen LogP contribution in [0.25, 0.3) is 0 Å². The van der Waals surface area contributed by atoms with Crippen LogP contribution < -0.4 is 5.32 Å². The molecule has 3 nitrogen and oxygen atoms in total. The first-order valence-electron chi connectivity index (χ1n) is 5.41. The van der Waals surface area contributed by atoms with E-state index in [1.165, 1.54) is 0 Å². The SMILES string of the molecule is CC(C)(C1CNC1)C(O)c1cccnc1. The average molecular weight is 206 g/mol. The Balaban J connectivity index is 2.16. The van der Waals surface area contributed by atoms with E-state index in [4.69, 9.17) is 0 Å². The van der Waals surface area contributed by atoms with Crippen LogP contribution in [0, 0.1) is 11.3 Å². The molecule has 0 radical (unpaired) electrons. The molecule has 1 fully saturated rings. The zero-order valence-electron chi connectivity index (χ0n) is 9.27. The lowest BCUT2D eigenvalue weighted by molar-refractivity contribution is -0.0142. The summed E-state index contributed by atoms with van der Waals surface area (Å²) in [4.78, 5) is 4.05. The largest absolute Gasteiger partial charge is 0.388 e. The lowest BCUT2D eigenvalue weighted by Crippen LogP contribution is -2.51. The van der Waals surface area contributed by atoms with Crippen molar-refractivity contribution in [2.24, 2.45) is 11.3 Å². The number of aromatic nitrogens is 1. The van der Waals surface area contributed by atoms with Gasteiger partial charge < -0.3 is 10.4 Å². The van der Waals surface area contributed by atoms with Crippen LogP contribution in [-0.2, 0) is 0 Å². The minimum atomic E-state index is -0.432. The van der Waals surface area contributed by atoms with Crippen LogP contribution in [0.1, 0.15) is 25.5 Å². The Morgan fingerprint density at radius 1 is 1.53 bits per heavy atom. The predicted molar refractivity (Wildman–Crippen MR) is 59.3 cm³/mol. The number of hydrogen-bond donors (Lipinski definition) is 2. The Kier molecular flexibility index (Phi) is 2.76. The van der Waals surface area contributed by atoms with Gasteiger partial charge >= 0.3 is 0 Å². The third-order valence-corrected chi connectivity index (χ3v) is 3.54. The van der Waals surface area contributed by atoms with Gasteiger partial charge in [0.25, 0.3) is 0 Å². The number of nitrogens with one attached hydrogen (secondary N) is 1. The second kappa shape index (κ2) is 3.91. The van der Waals surface area contributed by atoms with E-state index in [2.05, 4.69) is 24.1 Å². The smallest absolute Gasteiger partial charge is 0.0859 e. The standard InChI is InChI=1S/C12H18N2O/c1-12(2,10-7-14-8-10)11(15)9-4-3-5-13-6-9/h3-6,10-11,14-15H,7-8H2,1-2H3. The summed E-state index contributed by atoms with van der Waals surface area (Å²) < 4.78 is 0. The lowest BCUT2D eigenvalue weighted by Gasteiger charge is -2.44. The van der Waals surface area contributed by atoms with E-state index in [9.17, 15) is 5.11 Å². The van der Waals surface area contributed by atoms with E-state index < -0.39 is 6.10 Å². The van der Waals surface area contributed by atoms with Crippen LogP contribution in [0.3, 0.4) is 0 Å². The molecule has 15 heavy (non-hydrogen) atoms. The molecule has 0 amide bonds. The molecule has 2 rings (SSSR count). The van der Waals surface area contributed by atoms with Crippen molar-refractivity contribution in [2.75, 3.05) is 13.1 Å². The van der Waals surface area contributed by atoms with E-state index in [1.54, 1.807) is 12.4 Å². The van der Waals surface area contributed by atoms with Crippen LogP contribution in [0.15, 0.2) is 24.5 Å². The Labute approximate surface area is 90.5 Å². The zero-order valence-corrected chi connectivity index (χ0v) is 9.27. The van der Waals surface area contributed by atoms with Crippen LogP contribution in [-0.4, -0.2) is 23.2 Å². The second-order valence-electron chi connectivity index (χ2n) is 4.87. The van der Waals surface area contributed by atoms with Crippen molar-refractivity contribution in [3.8, 4) is 0 Å². The number of aliphatic hydroxyl groups is 1. The van der Waals surface area contributed by atoms with E-state index >= 15 is 0 Å². The van der Waals surface area contributed by atoms with Gasteiger partial charge in [-0.15, -0.1) is 0 Å². The summed E-state index contributed by atoms with van der Waals surface area (Å²) in [6, 6.07) is 3.80. The Morgan fingerprint density at radius 3 is 2.73 bits per heavy atom. The molecule has 0 bridgehead atoms. The van der Waals surface area contributed by atoms with E-state index in [-0.39, 0.29) is 5.41 Å². The number of aliphatic hydroxyl groups excluding tert-OH is 1. The van der Waals surface area contributed by atoms with Crippen LogP contribution >= 0.6 is 0 Å². The van der Waals surface area contributed by atoms with Crippen molar-refractivity contribution in [2.45, 2.75) is 20.0 Å². The normalized spacial score (nSPS) is 19.7. The van der Waals surface area contributed by atoms with Crippen LogP contribution in [0.5, 0.6) is 0 Å². The summed E-state index contributed by atoms with van der Waals surface area (Å²) in [5.74, 6) is 0.549. The molecule has 1 aliphatic rings. The van der Waals surface area contributed by atoms with E-state index in [0.29, 0.717) is 5.92 Å². The Morgan fingerprint density at radius 2 is 2.27 bits per heavy atom. The van der Waals surface area contributed by atoms with Crippen LogP contribution in [0.2, 0.25) is 0 Å². The number of pyridine rings is 1. The summed E-state index contributed by atoms with van der Waals surface area (Å²) in [7, 11) is 0. The zero-order chi connectivity index (χ0) is 10.9. The summed E-state index contributed by atoms with van der Waals surface area (Å²) in [5, 5.41) is 13.6. The monoisotopic (exact) mass is 206 g/mol. The summed E-state index contributed by atoms with van der Waals surface area (Å²) in [5.41, 5.74) is 0.822. The molecule has 1 atom stereocenters. The molecule has 0 saturated carbocycles. The van der Waals surface area contributed by atoms with Crippen molar-refractivity contribution >= 4 is 0 Å². The number of hydrogen-bond acceptors (Lipinski definition) is 3. The predicted octanol–water partition coefficient (Wildman–Crippen LogP) is 1.36. The van der Waals surface area contributed by atoms with E-state index in [0.717, 1.165) is 18.7 Å². The van der Waals surface area contributed by atoms with Crippen molar-refractivity contribution in [1.82, 2.24) is 10.3 Å². The highest BCUT2D eigenvalue weighted by atomic mass is 16.3. The fourth-order valence-electron chi connectivity index (χ4n) is 2.01. The van der Waals surface area contributed by atoms with Gasteiger partial charge in [0, 0.05) is 17.8 Å². The average Bonchev–Trinajstić information content (AvgIpc) is 2.14. The first kappa shape index (κ1) is 10.6. The number of nitrogens with zero attached hydrogens (tertiary/aromatic N) is 1. The van der Waals surface area contributed by atoms with Crippen LogP contribution in [0.4, 0.5) is 0 Å². The van der Waals surface area contributed by atoms with Gasteiger partial charge in [0.15, 0.2) is 0 Å². The van der Waals surface area contributed by atoms with Gasteiger partial charge in [-0.25, -0.2) is 0 Å². The molecular formula is C12H18N2O. The third kappa shape index (κ3) is 1.90. The van der Waals surface area contributed by atoms with Gasteiger partial charge in [-0.1, -0.05) is 19.9 Å². The minimum Gasteiger partial charge on any atom is -0.388 e. The first-order valence-corrected chi connectivity index (χ1v) is 5.41. The molecule has 1 saturated heterocycles. The first-order chi connectivity index (χ1) is 7.12. The number of rotatable bonds is 3. The van der Waals surface area contributed by atoms with Gasteiger partial charge in [0.05, 0.1) is 6.10 Å². The van der Waals surface area contributed by atoms with E-state index in [1.807, 2.05) is 12.1 Å². The van der Waals surface area contributed by atoms with Gasteiger partial charge in [-0.3, -0.25) is 4.98 Å². The Hall–Kier alpha value is -0.930. The molecule has 0 spiro atoms. The van der Waals surface area contributed by atoms with Gasteiger partial charge in [-0.05, 0) is 30.6 Å². The van der Waals surface area contributed by atoms with Crippen molar-refractivity contribution in [3.63, 3.8) is 0 Å². The molecule has 0 aromatic carbocycles. The highest BCUT2D eigenvalue weighted by molar-refractivity contribution is 5.15. The molecule has 3 heteroatoms. The molecule has 1 aliphatic heterocycles. The quantitative estimate of drug-likeness (QED) is 0.785. The van der Waals surface area contributed by atoms with Crippen molar-refractivity contribution in [3.05, 3.63) is 30.1 Å². The molecule has 1 aromatic heterocycles. The van der Waals surface area contributed by atoms with Crippen molar-refractivity contribution < 1.29 is 5.11 Å². The minimum absolute atomic E-state index is 0.0890. The molecule has 1 unspecified atom stereocenters. The van der Waals surface area contributed by atoms with Crippen molar-refractivity contribution in [1.29, 1.82) is 0 Å². The molecular weight excluding hydrogens is 188 g/mol. The maximum absolute atomic E-state index is 10.3. The van der Waals surface area contributed by atoms with Gasteiger partial charge in [0.2, 0.25) is 0 Å². The fourth-order valence-corrected chi connectivity index (χ4v) is 2.01. The third-order valence-electron chi connectivity index (χ3n) is 3.54. The molecule has 2 N–H and O–H groups in total. The summed E-state index contributed by atoms with van der Waals surface area (Å²) in [6.45, 7) is 6.25. The molecule has 2 heterocycles. The van der Waals surface area contributed by atoms with Gasteiger partial charge in [0.1, 0.15) is 0 Å². The summed E-state index contributed by atoms with van der Waals surface area (Å²) in [6.07, 6.45) is 3.05. The highest BCUT2D eigenvalue weighted by Crippen LogP contribution is 2.41.